The van der Waals surface area contributed by atoms with Gasteiger partial charge < -0.3 is 15.0 Å². The molecule has 2 heterocycles. The molecule has 2 saturated heterocycles. The number of hydrogen-bond acceptors (Lipinski definition) is 3. The summed E-state index contributed by atoms with van der Waals surface area (Å²) in [6.45, 7) is 9.20. The van der Waals surface area contributed by atoms with Gasteiger partial charge in [0.15, 0.2) is 0 Å². The Hall–Kier alpha value is -0.120. The highest BCUT2D eigenvalue weighted by Crippen LogP contribution is 2.13. The van der Waals surface area contributed by atoms with Gasteiger partial charge in [0.05, 0.1) is 6.61 Å². The summed E-state index contributed by atoms with van der Waals surface area (Å²) in [5.41, 5.74) is 0. The van der Waals surface area contributed by atoms with E-state index in [4.69, 9.17) is 4.74 Å². The van der Waals surface area contributed by atoms with Gasteiger partial charge in [0.25, 0.3) is 0 Å². The third-order valence-corrected chi connectivity index (χ3v) is 3.74. The zero-order valence-corrected chi connectivity index (χ0v) is 10.6. The Morgan fingerprint density at radius 2 is 2.12 bits per heavy atom. The quantitative estimate of drug-likeness (QED) is 0.768. The molecular weight excluding hydrogens is 200 g/mol. The number of hydrogen-bond donors (Lipinski definition) is 1. The molecule has 0 bridgehead atoms. The van der Waals surface area contributed by atoms with Crippen LogP contribution in [0.3, 0.4) is 0 Å². The van der Waals surface area contributed by atoms with Gasteiger partial charge in [-0.15, -0.1) is 0 Å². The summed E-state index contributed by atoms with van der Waals surface area (Å²) in [6, 6.07) is 0.625. The average Bonchev–Trinajstić information content (AvgIpc) is 2.81. The smallest absolute Gasteiger partial charge is 0.0506 e. The Bertz CT molecular complexity index is 186. The number of rotatable bonds is 5. The lowest BCUT2D eigenvalue weighted by molar-refractivity contribution is 0.0536. The largest absolute Gasteiger partial charge is 0.381 e. The highest BCUT2D eigenvalue weighted by atomic mass is 16.5. The monoisotopic (exact) mass is 226 g/mol. The zero-order valence-electron chi connectivity index (χ0n) is 10.6. The first-order valence-electron chi connectivity index (χ1n) is 6.88. The molecule has 3 heteroatoms. The van der Waals surface area contributed by atoms with Gasteiger partial charge in [-0.05, 0) is 51.6 Å². The number of nitrogens with one attached hydrogen (secondary N) is 1. The molecule has 0 aliphatic carbocycles. The van der Waals surface area contributed by atoms with Crippen LogP contribution >= 0.6 is 0 Å². The second-order valence-corrected chi connectivity index (χ2v) is 5.40. The van der Waals surface area contributed by atoms with E-state index in [0.717, 1.165) is 25.7 Å². The number of nitrogens with zero attached hydrogens (tertiary/aromatic N) is 1. The summed E-state index contributed by atoms with van der Waals surface area (Å²) >= 11 is 0. The molecule has 3 nitrogen and oxygen atoms in total. The van der Waals surface area contributed by atoms with Crippen LogP contribution in [0.4, 0.5) is 0 Å². The molecule has 0 spiro atoms. The summed E-state index contributed by atoms with van der Waals surface area (Å²) < 4.78 is 5.50. The average molecular weight is 226 g/mol. The third kappa shape index (κ3) is 4.04. The maximum Gasteiger partial charge on any atom is 0.0506 e. The topological polar surface area (TPSA) is 24.5 Å². The van der Waals surface area contributed by atoms with Crippen molar-refractivity contribution in [3.63, 3.8) is 0 Å². The fraction of sp³-hybridized carbons (Fsp3) is 1.00. The maximum atomic E-state index is 5.50. The van der Waals surface area contributed by atoms with Gasteiger partial charge in [-0.25, -0.2) is 0 Å². The first kappa shape index (κ1) is 12.3. The molecule has 2 atom stereocenters. The molecule has 16 heavy (non-hydrogen) atoms. The van der Waals surface area contributed by atoms with Gasteiger partial charge in [-0.1, -0.05) is 0 Å². The van der Waals surface area contributed by atoms with E-state index in [-0.39, 0.29) is 0 Å². The molecular formula is C13H26N2O. The van der Waals surface area contributed by atoms with Gasteiger partial charge in [-0.3, -0.25) is 0 Å². The van der Waals surface area contributed by atoms with E-state index in [9.17, 15) is 0 Å². The van der Waals surface area contributed by atoms with Crippen molar-refractivity contribution in [1.29, 1.82) is 0 Å². The van der Waals surface area contributed by atoms with E-state index in [0.29, 0.717) is 6.04 Å². The summed E-state index contributed by atoms with van der Waals surface area (Å²) in [6.07, 6.45) is 5.36. The molecule has 0 aromatic rings. The van der Waals surface area contributed by atoms with Crippen molar-refractivity contribution in [3.05, 3.63) is 0 Å². The third-order valence-electron chi connectivity index (χ3n) is 3.74. The molecule has 0 aromatic carbocycles. The van der Waals surface area contributed by atoms with Crippen LogP contribution in [0.15, 0.2) is 0 Å². The van der Waals surface area contributed by atoms with Crippen molar-refractivity contribution < 1.29 is 4.74 Å². The van der Waals surface area contributed by atoms with Crippen LogP contribution in [0.25, 0.3) is 0 Å². The Labute approximate surface area is 99.5 Å². The van der Waals surface area contributed by atoms with Crippen molar-refractivity contribution in [2.24, 2.45) is 5.92 Å². The fourth-order valence-electron chi connectivity index (χ4n) is 2.75. The van der Waals surface area contributed by atoms with Crippen LogP contribution in [0.5, 0.6) is 0 Å². The van der Waals surface area contributed by atoms with Gasteiger partial charge >= 0.3 is 0 Å². The van der Waals surface area contributed by atoms with E-state index in [1.165, 1.54) is 45.3 Å². The Morgan fingerprint density at radius 1 is 1.31 bits per heavy atom. The summed E-state index contributed by atoms with van der Waals surface area (Å²) in [4.78, 5) is 2.58. The molecule has 0 saturated carbocycles. The van der Waals surface area contributed by atoms with Gasteiger partial charge in [0, 0.05) is 25.7 Å². The minimum absolute atomic E-state index is 0.625. The van der Waals surface area contributed by atoms with Crippen molar-refractivity contribution >= 4 is 0 Å². The molecule has 0 radical (unpaired) electrons. The Morgan fingerprint density at radius 3 is 2.81 bits per heavy atom. The van der Waals surface area contributed by atoms with Crippen LogP contribution in [-0.2, 0) is 4.74 Å². The predicted octanol–water partition coefficient (Wildman–Crippen LogP) is 1.49. The fourth-order valence-corrected chi connectivity index (χ4v) is 2.75. The highest BCUT2D eigenvalue weighted by Gasteiger charge is 2.17. The number of ether oxygens (including phenoxy) is 1. The molecule has 2 fully saturated rings. The van der Waals surface area contributed by atoms with Crippen LogP contribution in [0.1, 0.15) is 32.6 Å². The molecule has 94 valence electrons. The molecule has 2 aliphatic rings. The van der Waals surface area contributed by atoms with Gasteiger partial charge in [0.2, 0.25) is 0 Å². The Kier molecular flexibility index (Phi) is 5.07. The van der Waals surface area contributed by atoms with Crippen LogP contribution in [0.2, 0.25) is 0 Å². The molecule has 1 N–H and O–H groups in total. The van der Waals surface area contributed by atoms with Gasteiger partial charge in [0.1, 0.15) is 0 Å². The van der Waals surface area contributed by atoms with Crippen molar-refractivity contribution in [2.75, 3.05) is 39.4 Å². The molecule has 2 rings (SSSR count). The minimum Gasteiger partial charge on any atom is -0.381 e. The molecule has 2 unspecified atom stereocenters. The second-order valence-electron chi connectivity index (χ2n) is 5.40. The van der Waals surface area contributed by atoms with E-state index in [2.05, 4.69) is 17.1 Å². The van der Waals surface area contributed by atoms with E-state index in [1.54, 1.807) is 0 Å². The summed E-state index contributed by atoms with van der Waals surface area (Å²) in [5.74, 6) is 0.745. The van der Waals surface area contributed by atoms with Crippen LogP contribution < -0.4 is 5.32 Å². The lowest BCUT2D eigenvalue weighted by Crippen LogP contribution is -2.41. The normalized spacial score (nSPS) is 29.4. The number of likely N-dealkylation sites (tertiary alicyclic amines) is 1. The molecule has 0 aromatic heterocycles. The first-order chi connectivity index (χ1) is 7.84. The van der Waals surface area contributed by atoms with Crippen molar-refractivity contribution in [3.8, 4) is 0 Å². The first-order valence-corrected chi connectivity index (χ1v) is 6.88. The Balaban J connectivity index is 1.57. The van der Waals surface area contributed by atoms with E-state index in [1.807, 2.05) is 0 Å². The van der Waals surface area contributed by atoms with E-state index < -0.39 is 0 Å². The van der Waals surface area contributed by atoms with Crippen LogP contribution in [-0.4, -0.2) is 50.3 Å². The van der Waals surface area contributed by atoms with Crippen molar-refractivity contribution in [1.82, 2.24) is 10.2 Å². The van der Waals surface area contributed by atoms with Gasteiger partial charge in [-0.2, -0.15) is 0 Å². The van der Waals surface area contributed by atoms with E-state index >= 15 is 0 Å². The van der Waals surface area contributed by atoms with Crippen molar-refractivity contribution in [2.45, 2.75) is 38.6 Å². The SMILES string of the molecule is CC(CN1CCCC1)NCC1CCCOC1. The standard InChI is InChI=1S/C13H26N2O/c1-12(10-15-6-2-3-7-15)14-9-13-5-4-8-16-11-13/h12-14H,2-11H2,1H3. The summed E-state index contributed by atoms with van der Waals surface area (Å²) in [7, 11) is 0. The van der Waals surface area contributed by atoms with Crippen LogP contribution in [0, 0.1) is 5.92 Å². The second kappa shape index (κ2) is 6.58. The molecule has 2 aliphatic heterocycles. The summed E-state index contributed by atoms with van der Waals surface area (Å²) in [5, 5.41) is 3.66. The molecule has 0 amide bonds. The lowest BCUT2D eigenvalue weighted by atomic mass is 10.0. The zero-order chi connectivity index (χ0) is 11.2. The maximum absolute atomic E-state index is 5.50. The highest BCUT2D eigenvalue weighted by molar-refractivity contribution is 4.74. The predicted molar refractivity (Wildman–Crippen MR) is 66.7 cm³/mol. The minimum atomic E-state index is 0.625. The lowest BCUT2D eigenvalue weighted by Gasteiger charge is -2.26.